The summed E-state index contributed by atoms with van der Waals surface area (Å²) < 4.78 is 9.47. The van der Waals surface area contributed by atoms with Gasteiger partial charge in [-0.1, -0.05) is 45.7 Å². The molecule has 1 atom stereocenters. The van der Waals surface area contributed by atoms with E-state index < -0.39 is 6.10 Å². The molecule has 0 fully saturated rings. The van der Waals surface area contributed by atoms with Crippen LogP contribution in [0.3, 0.4) is 0 Å². The molecule has 24 heavy (non-hydrogen) atoms. The van der Waals surface area contributed by atoms with Gasteiger partial charge in [0.05, 0.1) is 15.0 Å². The number of ether oxygens (including phenoxy) is 1. The first-order valence-corrected chi connectivity index (χ1v) is 10.6. The molecule has 0 radical (unpaired) electrons. The number of hydrogen-bond donors (Lipinski definition) is 1. The molecule has 0 saturated heterocycles. The zero-order chi connectivity index (χ0) is 18.1. The predicted molar refractivity (Wildman–Crippen MR) is 113 cm³/mol. The molecule has 6 heteroatoms. The summed E-state index contributed by atoms with van der Waals surface area (Å²) in [6.45, 7) is 6.32. The van der Waals surface area contributed by atoms with E-state index in [-0.39, 0.29) is 12.0 Å². The molecule has 0 aromatic heterocycles. The van der Waals surface area contributed by atoms with E-state index >= 15 is 0 Å². The van der Waals surface area contributed by atoms with Crippen molar-refractivity contribution in [3.8, 4) is 5.75 Å². The molecule has 2 aromatic carbocycles. The maximum atomic E-state index is 9.42. The third kappa shape index (κ3) is 4.85. The standard InChI is InChI=1S/C18H18Br4O2/c1-10(23)9-24-17-15(21)6-12(7-16(17)22)18(2,3)11-4-13(19)8-14(20)5-11/h4-8,10,23H,9H2,1-3H3. The molecule has 1 N–H and O–H groups in total. The smallest absolute Gasteiger partial charge is 0.147 e. The molecule has 0 bridgehead atoms. The average molecular weight is 586 g/mol. The number of hydrogen-bond acceptors (Lipinski definition) is 2. The summed E-state index contributed by atoms with van der Waals surface area (Å²) in [5.41, 5.74) is 2.15. The summed E-state index contributed by atoms with van der Waals surface area (Å²) >= 11 is 14.3. The summed E-state index contributed by atoms with van der Waals surface area (Å²) in [6, 6.07) is 10.4. The van der Waals surface area contributed by atoms with Gasteiger partial charge in [0.25, 0.3) is 0 Å². The summed E-state index contributed by atoms with van der Waals surface area (Å²) in [5, 5.41) is 9.42. The minimum atomic E-state index is -0.515. The van der Waals surface area contributed by atoms with Gasteiger partial charge in [0.1, 0.15) is 12.4 Å². The molecule has 2 nitrogen and oxygen atoms in total. The Morgan fingerprint density at radius 1 is 0.917 bits per heavy atom. The van der Waals surface area contributed by atoms with E-state index in [1.54, 1.807) is 6.92 Å². The number of benzene rings is 2. The van der Waals surface area contributed by atoms with E-state index in [0.717, 1.165) is 23.5 Å². The summed E-state index contributed by atoms with van der Waals surface area (Å²) in [6.07, 6.45) is -0.515. The van der Waals surface area contributed by atoms with E-state index in [9.17, 15) is 5.11 Å². The summed E-state index contributed by atoms with van der Waals surface area (Å²) in [4.78, 5) is 0. The van der Waals surface area contributed by atoms with Crippen LogP contribution in [-0.4, -0.2) is 17.8 Å². The SMILES string of the molecule is CC(O)COc1c(Br)cc(C(C)(C)c2cc(Br)cc(Br)c2)cc1Br. The van der Waals surface area contributed by atoms with Gasteiger partial charge >= 0.3 is 0 Å². The van der Waals surface area contributed by atoms with E-state index in [4.69, 9.17) is 4.74 Å². The topological polar surface area (TPSA) is 29.5 Å². The second kappa shape index (κ2) is 8.21. The van der Waals surface area contributed by atoms with Gasteiger partial charge in [-0.05, 0) is 80.2 Å². The minimum absolute atomic E-state index is 0.194. The van der Waals surface area contributed by atoms with Gasteiger partial charge in [-0.2, -0.15) is 0 Å². The van der Waals surface area contributed by atoms with Crippen molar-refractivity contribution in [2.45, 2.75) is 32.3 Å². The Bertz CT molecular complexity index is 699. The Balaban J connectivity index is 2.44. The molecule has 0 spiro atoms. The van der Waals surface area contributed by atoms with Gasteiger partial charge in [0, 0.05) is 14.4 Å². The number of aliphatic hydroxyl groups is 1. The Labute approximate surface area is 176 Å². The van der Waals surface area contributed by atoms with Crippen molar-refractivity contribution >= 4 is 63.7 Å². The third-order valence-corrected chi connectivity index (χ3v) is 5.87. The second-order valence-electron chi connectivity index (χ2n) is 6.21. The Morgan fingerprint density at radius 3 is 1.83 bits per heavy atom. The normalized spacial score (nSPS) is 13.0. The van der Waals surface area contributed by atoms with Crippen LogP contribution in [0.1, 0.15) is 31.9 Å². The monoisotopic (exact) mass is 582 g/mol. The minimum Gasteiger partial charge on any atom is -0.489 e. The number of rotatable bonds is 5. The van der Waals surface area contributed by atoms with Crippen molar-refractivity contribution in [1.82, 2.24) is 0 Å². The van der Waals surface area contributed by atoms with Crippen molar-refractivity contribution < 1.29 is 9.84 Å². The van der Waals surface area contributed by atoms with Crippen LogP contribution in [0.5, 0.6) is 5.75 Å². The Morgan fingerprint density at radius 2 is 1.38 bits per heavy atom. The van der Waals surface area contributed by atoms with Gasteiger partial charge in [-0.3, -0.25) is 0 Å². The van der Waals surface area contributed by atoms with Crippen molar-refractivity contribution in [2.75, 3.05) is 6.61 Å². The lowest BCUT2D eigenvalue weighted by Gasteiger charge is -2.28. The number of halogens is 4. The molecule has 1 unspecified atom stereocenters. The average Bonchev–Trinajstić information content (AvgIpc) is 2.44. The second-order valence-corrected chi connectivity index (χ2v) is 9.75. The van der Waals surface area contributed by atoms with Gasteiger partial charge in [-0.15, -0.1) is 0 Å². The summed E-state index contributed by atoms with van der Waals surface area (Å²) in [7, 11) is 0. The number of aliphatic hydroxyl groups excluding tert-OH is 1. The molecule has 0 aliphatic rings. The lowest BCUT2D eigenvalue weighted by atomic mass is 9.78. The zero-order valence-electron chi connectivity index (χ0n) is 13.5. The molecular weight excluding hydrogens is 568 g/mol. The van der Waals surface area contributed by atoms with Crippen LogP contribution >= 0.6 is 63.7 Å². The van der Waals surface area contributed by atoms with E-state index in [0.29, 0.717) is 5.75 Å². The van der Waals surface area contributed by atoms with Crippen LogP contribution in [-0.2, 0) is 5.41 Å². The quantitative estimate of drug-likeness (QED) is 0.417. The fraction of sp³-hybridized carbons (Fsp3) is 0.333. The van der Waals surface area contributed by atoms with Crippen LogP contribution < -0.4 is 4.74 Å². The van der Waals surface area contributed by atoms with E-state index in [2.05, 4.69) is 102 Å². The van der Waals surface area contributed by atoms with Crippen molar-refractivity contribution in [3.63, 3.8) is 0 Å². The predicted octanol–water partition coefficient (Wildman–Crippen LogP) is 6.82. The molecule has 0 saturated carbocycles. The first kappa shape index (κ1) is 20.4. The van der Waals surface area contributed by atoms with Crippen LogP contribution in [0, 0.1) is 0 Å². The molecule has 0 heterocycles. The lowest BCUT2D eigenvalue weighted by Crippen LogP contribution is -2.19. The van der Waals surface area contributed by atoms with Gasteiger partial charge in [-0.25, -0.2) is 0 Å². The molecule has 0 aliphatic heterocycles. The highest BCUT2D eigenvalue weighted by molar-refractivity contribution is 9.11. The molecule has 2 aromatic rings. The zero-order valence-corrected chi connectivity index (χ0v) is 19.9. The maximum absolute atomic E-state index is 9.42. The first-order chi connectivity index (χ1) is 11.1. The highest BCUT2D eigenvalue weighted by Crippen LogP contribution is 2.41. The molecular formula is C18H18Br4O2. The van der Waals surface area contributed by atoms with E-state index in [1.807, 2.05) is 6.07 Å². The largest absolute Gasteiger partial charge is 0.489 e. The van der Waals surface area contributed by atoms with Crippen molar-refractivity contribution in [1.29, 1.82) is 0 Å². The van der Waals surface area contributed by atoms with Gasteiger partial charge in [0.2, 0.25) is 0 Å². The highest BCUT2D eigenvalue weighted by atomic mass is 79.9. The van der Waals surface area contributed by atoms with Crippen LogP contribution in [0.2, 0.25) is 0 Å². The fourth-order valence-corrected chi connectivity index (χ4v) is 5.05. The Kier molecular flexibility index (Phi) is 6.99. The molecule has 0 aliphatic carbocycles. The van der Waals surface area contributed by atoms with E-state index in [1.165, 1.54) is 5.56 Å². The van der Waals surface area contributed by atoms with Crippen molar-refractivity contribution in [2.24, 2.45) is 0 Å². The summed E-state index contributed by atoms with van der Waals surface area (Å²) in [5.74, 6) is 0.700. The van der Waals surface area contributed by atoms with Crippen LogP contribution in [0.15, 0.2) is 48.2 Å². The van der Waals surface area contributed by atoms with Crippen LogP contribution in [0.25, 0.3) is 0 Å². The molecule has 0 amide bonds. The third-order valence-electron chi connectivity index (χ3n) is 3.77. The first-order valence-electron chi connectivity index (χ1n) is 7.38. The van der Waals surface area contributed by atoms with Crippen molar-refractivity contribution in [3.05, 3.63) is 59.3 Å². The Hall–Kier alpha value is 0.120. The maximum Gasteiger partial charge on any atom is 0.147 e. The fourth-order valence-electron chi connectivity index (χ4n) is 2.34. The molecule has 130 valence electrons. The van der Waals surface area contributed by atoms with Gasteiger partial charge in [0.15, 0.2) is 0 Å². The highest BCUT2D eigenvalue weighted by Gasteiger charge is 2.26. The van der Waals surface area contributed by atoms with Gasteiger partial charge < -0.3 is 9.84 Å². The lowest BCUT2D eigenvalue weighted by molar-refractivity contribution is 0.122. The van der Waals surface area contributed by atoms with Crippen LogP contribution in [0.4, 0.5) is 0 Å². The molecule has 2 rings (SSSR count).